The van der Waals surface area contributed by atoms with Crippen LogP contribution in [0.2, 0.25) is 0 Å². The molecule has 0 spiro atoms. The van der Waals surface area contributed by atoms with Gasteiger partial charge in [-0.05, 0) is 30.5 Å². The third-order valence-corrected chi connectivity index (χ3v) is 2.01. The van der Waals surface area contributed by atoms with Crippen molar-refractivity contribution in [3.8, 4) is 0 Å². The summed E-state index contributed by atoms with van der Waals surface area (Å²) in [7, 11) is 0. The van der Waals surface area contributed by atoms with Gasteiger partial charge in [-0.25, -0.2) is 8.78 Å². The SMILES string of the molecule is CCc1cc(C(F)F)ccc1C. The highest BCUT2D eigenvalue weighted by Crippen LogP contribution is 2.21. The molecule has 0 radical (unpaired) electrons. The second-order valence-electron chi connectivity index (χ2n) is 2.84. The topological polar surface area (TPSA) is 0 Å². The molecule has 0 nitrogen and oxygen atoms in total. The Morgan fingerprint density at radius 1 is 1.33 bits per heavy atom. The third-order valence-electron chi connectivity index (χ3n) is 2.01. The highest BCUT2D eigenvalue weighted by molar-refractivity contribution is 5.31. The van der Waals surface area contributed by atoms with Crippen LogP contribution < -0.4 is 0 Å². The van der Waals surface area contributed by atoms with Crippen LogP contribution in [0.5, 0.6) is 0 Å². The van der Waals surface area contributed by atoms with E-state index in [0.29, 0.717) is 0 Å². The van der Waals surface area contributed by atoms with Gasteiger partial charge >= 0.3 is 0 Å². The van der Waals surface area contributed by atoms with E-state index in [2.05, 4.69) is 0 Å². The molecule has 1 aromatic rings. The fourth-order valence-electron chi connectivity index (χ4n) is 1.21. The molecule has 0 atom stereocenters. The van der Waals surface area contributed by atoms with Gasteiger partial charge in [-0.2, -0.15) is 0 Å². The lowest BCUT2D eigenvalue weighted by Gasteiger charge is -2.05. The van der Waals surface area contributed by atoms with Gasteiger partial charge < -0.3 is 0 Å². The van der Waals surface area contributed by atoms with Gasteiger partial charge in [0, 0.05) is 5.56 Å². The van der Waals surface area contributed by atoms with Crippen LogP contribution in [0.4, 0.5) is 8.78 Å². The Morgan fingerprint density at radius 3 is 2.50 bits per heavy atom. The Bertz CT molecular complexity index is 267. The molecule has 0 aliphatic carbocycles. The largest absolute Gasteiger partial charge is 0.263 e. The van der Waals surface area contributed by atoms with E-state index in [4.69, 9.17) is 0 Å². The van der Waals surface area contributed by atoms with Crippen molar-refractivity contribution in [1.82, 2.24) is 0 Å². The molecule has 0 aliphatic heterocycles. The van der Waals surface area contributed by atoms with Crippen molar-refractivity contribution < 1.29 is 8.78 Å². The van der Waals surface area contributed by atoms with Gasteiger partial charge in [-0.15, -0.1) is 0 Å². The smallest absolute Gasteiger partial charge is 0.205 e. The summed E-state index contributed by atoms with van der Waals surface area (Å²) in [6.07, 6.45) is -1.54. The van der Waals surface area contributed by atoms with Crippen molar-refractivity contribution >= 4 is 0 Å². The maximum atomic E-state index is 12.2. The Morgan fingerprint density at radius 2 is 2.00 bits per heavy atom. The first-order valence-corrected chi connectivity index (χ1v) is 4.02. The lowest BCUT2D eigenvalue weighted by atomic mass is 10.0. The zero-order valence-electron chi connectivity index (χ0n) is 7.27. The van der Waals surface area contributed by atoms with Crippen molar-refractivity contribution in [2.45, 2.75) is 26.7 Å². The number of halogens is 2. The van der Waals surface area contributed by atoms with Crippen LogP contribution in [0.1, 0.15) is 30.0 Å². The van der Waals surface area contributed by atoms with Crippen LogP contribution >= 0.6 is 0 Å². The van der Waals surface area contributed by atoms with Crippen LogP contribution in [-0.2, 0) is 6.42 Å². The molecule has 0 heterocycles. The average Bonchev–Trinajstić information content (AvgIpc) is 2.05. The van der Waals surface area contributed by atoms with Crippen molar-refractivity contribution in [2.24, 2.45) is 0 Å². The molecule has 0 N–H and O–H groups in total. The Kier molecular flexibility index (Phi) is 2.79. The van der Waals surface area contributed by atoms with E-state index in [1.165, 1.54) is 6.07 Å². The standard InChI is InChI=1S/C10H12F2/c1-3-8-6-9(10(11)12)5-4-7(8)2/h4-6,10H,3H2,1-2H3. The molecule has 0 unspecified atom stereocenters. The van der Waals surface area contributed by atoms with Gasteiger partial charge in [0.15, 0.2) is 0 Å². The summed E-state index contributed by atoms with van der Waals surface area (Å²) in [4.78, 5) is 0. The molecule has 1 aromatic carbocycles. The maximum Gasteiger partial charge on any atom is 0.263 e. The molecule has 0 amide bonds. The normalized spacial score (nSPS) is 10.8. The third kappa shape index (κ3) is 1.81. The minimum absolute atomic E-state index is 0.123. The summed E-state index contributed by atoms with van der Waals surface area (Å²) >= 11 is 0. The molecule has 66 valence electrons. The number of aryl methyl sites for hydroxylation is 2. The summed E-state index contributed by atoms with van der Waals surface area (Å²) in [6.45, 7) is 3.91. The van der Waals surface area contributed by atoms with Crippen molar-refractivity contribution in [3.05, 3.63) is 34.9 Å². The molecule has 0 saturated carbocycles. The van der Waals surface area contributed by atoms with Crippen LogP contribution in [0, 0.1) is 6.92 Å². The molecule has 0 fully saturated rings. The Hall–Kier alpha value is -0.920. The van der Waals surface area contributed by atoms with E-state index in [1.54, 1.807) is 12.1 Å². The van der Waals surface area contributed by atoms with E-state index in [1.807, 2.05) is 13.8 Å². The molecular weight excluding hydrogens is 158 g/mol. The predicted molar refractivity (Wildman–Crippen MR) is 45.5 cm³/mol. The van der Waals surface area contributed by atoms with E-state index >= 15 is 0 Å². The summed E-state index contributed by atoms with van der Waals surface area (Å²) in [5.74, 6) is 0. The van der Waals surface area contributed by atoms with Gasteiger partial charge in [0.25, 0.3) is 6.43 Å². The fourth-order valence-corrected chi connectivity index (χ4v) is 1.21. The van der Waals surface area contributed by atoms with Gasteiger partial charge in [-0.3, -0.25) is 0 Å². The monoisotopic (exact) mass is 170 g/mol. The molecule has 12 heavy (non-hydrogen) atoms. The quantitative estimate of drug-likeness (QED) is 0.637. The summed E-state index contributed by atoms with van der Waals surface area (Å²) in [5, 5.41) is 0. The highest BCUT2D eigenvalue weighted by atomic mass is 19.3. The van der Waals surface area contributed by atoms with Crippen molar-refractivity contribution in [3.63, 3.8) is 0 Å². The highest BCUT2D eigenvalue weighted by Gasteiger charge is 2.07. The van der Waals surface area contributed by atoms with E-state index in [0.717, 1.165) is 17.5 Å². The van der Waals surface area contributed by atoms with Crippen LogP contribution in [0.25, 0.3) is 0 Å². The van der Waals surface area contributed by atoms with Gasteiger partial charge in [0.1, 0.15) is 0 Å². The van der Waals surface area contributed by atoms with Gasteiger partial charge in [-0.1, -0.05) is 19.1 Å². The number of benzene rings is 1. The van der Waals surface area contributed by atoms with Gasteiger partial charge in [0.2, 0.25) is 0 Å². The van der Waals surface area contributed by atoms with Crippen LogP contribution in [-0.4, -0.2) is 0 Å². The zero-order valence-corrected chi connectivity index (χ0v) is 7.27. The van der Waals surface area contributed by atoms with Crippen LogP contribution in [0.15, 0.2) is 18.2 Å². The predicted octanol–water partition coefficient (Wildman–Crippen LogP) is 3.50. The summed E-state index contributed by atoms with van der Waals surface area (Å²) in [6, 6.07) is 4.82. The summed E-state index contributed by atoms with van der Waals surface area (Å²) < 4.78 is 24.4. The second kappa shape index (κ2) is 3.65. The lowest BCUT2D eigenvalue weighted by molar-refractivity contribution is 0.151. The van der Waals surface area contributed by atoms with Crippen molar-refractivity contribution in [1.29, 1.82) is 0 Å². The molecule has 0 aliphatic rings. The molecule has 0 saturated heterocycles. The van der Waals surface area contributed by atoms with E-state index < -0.39 is 6.43 Å². The fraction of sp³-hybridized carbons (Fsp3) is 0.400. The number of hydrogen-bond donors (Lipinski definition) is 0. The Balaban J connectivity index is 3.05. The van der Waals surface area contributed by atoms with E-state index in [-0.39, 0.29) is 5.56 Å². The summed E-state index contributed by atoms with van der Waals surface area (Å²) in [5.41, 5.74) is 2.21. The molecule has 0 aromatic heterocycles. The minimum Gasteiger partial charge on any atom is -0.205 e. The van der Waals surface area contributed by atoms with Crippen molar-refractivity contribution in [2.75, 3.05) is 0 Å². The Labute approximate surface area is 71.2 Å². The first kappa shape index (κ1) is 9.17. The first-order chi connectivity index (χ1) is 5.65. The number of alkyl halides is 2. The second-order valence-corrected chi connectivity index (χ2v) is 2.84. The number of rotatable bonds is 2. The van der Waals surface area contributed by atoms with Crippen LogP contribution in [0.3, 0.4) is 0 Å². The first-order valence-electron chi connectivity index (χ1n) is 4.02. The molecule has 2 heteroatoms. The number of hydrogen-bond acceptors (Lipinski definition) is 0. The molecule has 1 rings (SSSR count). The molecular formula is C10H12F2. The molecule has 0 bridgehead atoms. The lowest BCUT2D eigenvalue weighted by Crippen LogP contribution is -1.90. The van der Waals surface area contributed by atoms with Gasteiger partial charge in [0.05, 0.1) is 0 Å². The minimum atomic E-state index is -2.35. The zero-order chi connectivity index (χ0) is 9.14. The maximum absolute atomic E-state index is 12.2. The van der Waals surface area contributed by atoms with E-state index in [9.17, 15) is 8.78 Å². The average molecular weight is 170 g/mol.